The number of nitrogens with zero attached hydrogens (tertiary/aromatic N) is 2. The van der Waals surface area contributed by atoms with E-state index in [0.29, 0.717) is 0 Å². The number of rotatable bonds is 4. The van der Waals surface area contributed by atoms with E-state index in [-0.39, 0.29) is 0 Å². The average Bonchev–Trinajstić information content (AvgIpc) is 2.79. The van der Waals surface area contributed by atoms with Crippen LogP contribution < -0.4 is 0 Å². The second-order valence-electron chi connectivity index (χ2n) is 5.12. The molecule has 2 aromatic carbocycles. The molecule has 0 fully saturated rings. The molecular formula is C17H16Cl2N2. The number of benzene rings is 2. The molecule has 0 N–H and O–H groups in total. The van der Waals surface area contributed by atoms with E-state index in [1.165, 1.54) is 5.56 Å². The van der Waals surface area contributed by atoms with Gasteiger partial charge in [-0.1, -0.05) is 42.3 Å². The Morgan fingerprint density at radius 3 is 2.43 bits per heavy atom. The highest BCUT2D eigenvalue weighted by atomic mass is 35.5. The first-order valence-electron chi connectivity index (χ1n) is 7.06. The van der Waals surface area contributed by atoms with Crippen molar-refractivity contribution in [2.24, 2.45) is 0 Å². The van der Waals surface area contributed by atoms with Crippen molar-refractivity contribution < 1.29 is 0 Å². The van der Waals surface area contributed by atoms with Crippen LogP contribution in [0.25, 0.3) is 11.0 Å². The minimum atomic E-state index is 0.748. The Balaban J connectivity index is 2.04. The lowest BCUT2D eigenvalue weighted by molar-refractivity contribution is 0.664. The summed E-state index contributed by atoms with van der Waals surface area (Å²) in [4.78, 5) is 4.76. The third-order valence-corrected chi connectivity index (χ3v) is 4.00. The normalized spacial score (nSPS) is 11.2. The highest BCUT2D eigenvalue weighted by molar-refractivity contribution is 6.31. The highest BCUT2D eigenvalue weighted by Gasteiger charge is 2.11. The number of fused-ring (bicyclic) bond motifs is 1. The molecule has 3 rings (SSSR count). The number of imidazole rings is 1. The van der Waals surface area contributed by atoms with Crippen LogP contribution in [0.2, 0.25) is 10.0 Å². The smallest absolute Gasteiger partial charge is 0.114 e. The highest BCUT2D eigenvalue weighted by Crippen LogP contribution is 2.23. The van der Waals surface area contributed by atoms with Crippen LogP contribution in [0.1, 0.15) is 24.7 Å². The predicted octanol–water partition coefficient (Wildman–Crippen LogP) is 5.34. The van der Waals surface area contributed by atoms with Crippen LogP contribution in [-0.4, -0.2) is 9.55 Å². The third kappa shape index (κ3) is 3.07. The summed E-state index contributed by atoms with van der Waals surface area (Å²) < 4.78 is 2.26. The zero-order chi connectivity index (χ0) is 14.8. The second kappa shape index (κ2) is 6.08. The number of hydrogen-bond donors (Lipinski definition) is 0. The Bertz CT molecular complexity index is 760. The van der Waals surface area contributed by atoms with Crippen LogP contribution in [0.4, 0.5) is 0 Å². The lowest BCUT2D eigenvalue weighted by Crippen LogP contribution is -2.04. The molecule has 0 unspecified atom stereocenters. The number of halogens is 2. The molecule has 108 valence electrons. The number of aryl methyl sites for hydroxylation is 1. The molecule has 21 heavy (non-hydrogen) atoms. The van der Waals surface area contributed by atoms with Gasteiger partial charge in [-0.15, -0.1) is 0 Å². The van der Waals surface area contributed by atoms with Crippen molar-refractivity contribution in [3.8, 4) is 0 Å². The Morgan fingerprint density at radius 1 is 1.00 bits per heavy atom. The van der Waals surface area contributed by atoms with Crippen molar-refractivity contribution in [1.82, 2.24) is 9.55 Å². The van der Waals surface area contributed by atoms with Crippen LogP contribution in [0, 0.1) is 0 Å². The number of hydrogen-bond acceptors (Lipinski definition) is 1. The second-order valence-corrected chi connectivity index (χ2v) is 5.99. The SMILES string of the molecule is CCCn1c(Cc2ccc(Cl)cc2)nc2ccc(Cl)cc21. The molecule has 0 saturated heterocycles. The van der Waals surface area contributed by atoms with Crippen molar-refractivity contribution in [3.63, 3.8) is 0 Å². The van der Waals surface area contributed by atoms with Crippen molar-refractivity contribution in [1.29, 1.82) is 0 Å². The largest absolute Gasteiger partial charge is 0.328 e. The van der Waals surface area contributed by atoms with E-state index in [9.17, 15) is 0 Å². The molecule has 1 heterocycles. The molecule has 0 atom stereocenters. The molecular weight excluding hydrogens is 303 g/mol. The van der Waals surface area contributed by atoms with E-state index >= 15 is 0 Å². The van der Waals surface area contributed by atoms with Gasteiger partial charge in [0.1, 0.15) is 5.82 Å². The average molecular weight is 319 g/mol. The molecule has 0 bridgehead atoms. The first-order valence-corrected chi connectivity index (χ1v) is 7.82. The van der Waals surface area contributed by atoms with E-state index in [1.54, 1.807) is 0 Å². The topological polar surface area (TPSA) is 17.8 Å². The molecule has 0 aliphatic carbocycles. The predicted molar refractivity (Wildman–Crippen MR) is 89.3 cm³/mol. The van der Waals surface area contributed by atoms with Crippen LogP contribution >= 0.6 is 23.2 Å². The monoisotopic (exact) mass is 318 g/mol. The van der Waals surface area contributed by atoms with Gasteiger partial charge in [0.2, 0.25) is 0 Å². The van der Waals surface area contributed by atoms with Gasteiger partial charge in [0.05, 0.1) is 11.0 Å². The van der Waals surface area contributed by atoms with Gasteiger partial charge in [-0.2, -0.15) is 0 Å². The van der Waals surface area contributed by atoms with Gasteiger partial charge in [0.15, 0.2) is 0 Å². The molecule has 1 aromatic heterocycles. The van der Waals surface area contributed by atoms with E-state index in [2.05, 4.69) is 11.5 Å². The van der Waals surface area contributed by atoms with Gasteiger partial charge in [0, 0.05) is 23.0 Å². The zero-order valence-electron chi connectivity index (χ0n) is 11.8. The summed E-state index contributed by atoms with van der Waals surface area (Å²) >= 11 is 12.1. The first-order chi connectivity index (χ1) is 10.2. The minimum absolute atomic E-state index is 0.748. The summed E-state index contributed by atoms with van der Waals surface area (Å²) in [5.74, 6) is 1.07. The van der Waals surface area contributed by atoms with Gasteiger partial charge >= 0.3 is 0 Å². The zero-order valence-corrected chi connectivity index (χ0v) is 13.3. The maximum absolute atomic E-state index is 6.12. The molecule has 0 spiro atoms. The van der Waals surface area contributed by atoms with Crippen LogP contribution in [0.15, 0.2) is 42.5 Å². The van der Waals surface area contributed by atoms with E-state index < -0.39 is 0 Å². The van der Waals surface area contributed by atoms with Gasteiger partial charge in [-0.3, -0.25) is 0 Å². The summed E-state index contributed by atoms with van der Waals surface area (Å²) in [5, 5.41) is 1.50. The molecule has 0 radical (unpaired) electrons. The Morgan fingerprint density at radius 2 is 1.71 bits per heavy atom. The summed E-state index contributed by atoms with van der Waals surface area (Å²) in [5.41, 5.74) is 3.31. The van der Waals surface area contributed by atoms with Gasteiger partial charge in [-0.05, 0) is 42.3 Å². The van der Waals surface area contributed by atoms with Crippen molar-refractivity contribution in [2.75, 3.05) is 0 Å². The Hall–Kier alpha value is -1.51. The van der Waals surface area contributed by atoms with Gasteiger partial charge in [0.25, 0.3) is 0 Å². The molecule has 0 amide bonds. The summed E-state index contributed by atoms with van der Waals surface area (Å²) in [6.07, 6.45) is 1.86. The quantitative estimate of drug-likeness (QED) is 0.634. The van der Waals surface area contributed by atoms with Crippen LogP contribution in [0.3, 0.4) is 0 Å². The number of aromatic nitrogens is 2. The molecule has 3 aromatic rings. The van der Waals surface area contributed by atoms with E-state index in [0.717, 1.165) is 46.3 Å². The third-order valence-electron chi connectivity index (χ3n) is 3.51. The fourth-order valence-electron chi connectivity index (χ4n) is 2.54. The van der Waals surface area contributed by atoms with Crippen molar-refractivity contribution in [3.05, 3.63) is 63.9 Å². The summed E-state index contributed by atoms with van der Waals surface area (Å²) in [7, 11) is 0. The van der Waals surface area contributed by atoms with Crippen LogP contribution in [-0.2, 0) is 13.0 Å². The van der Waals surface area contributed by atoms with Crippen molar-refractivity contribution >= 4 is 34.2 Å². The van der Waals surface area contributed by atoms with Crippen molar-refractivity contribution in [2.45, 2.75) is 26.3 Å². The lowest BCUT2D eigenvalue weighted by Gasteiger charge is -2.08. The van der Waals surface area contributed by atoms with Crippen LogP contribution in [0.5, 0.6) is 0 Å². The first kappa shape index (κ1) is 14.4. The van der Waals surface area contributed by atoms with E-state index in [4.69, 9.17) is 28.2 Å². The minimum Gasteiger partial charge on any atom is -0.328 e. The molecule has 0 saturated carbocycles. The molecule has 4 heteroatoms. The summed E-state index contributed by atoms with van der Waals surface area (Å²) in [6.45, 7) is 3.11. The Kier molecular flexibility index (Phi) is 4.18. The van der Waals surface area contributed by atoms with E-state index in [1.807, 2.05) is 42.5 Å². The molecule has 2 nitrogen and oxygen atoms in total. The maximum Gasteiger partial charge on any atom is 0.114 e. The van der Waals surface area contributed by atoms with Gasteiger partial charge < -0.3 is 4.57 Å². The fourth-order valence-corrected chi connectivity index (χ4v) is 2.83. The van der Waals surface area contributed by atoms with Gasteiger partial charge in [-0.25, -0.2) is 4.98 Å². The molecule has 0 aliphatic rings. The molecule has 0 aliphatic heterocycles. The maximum atomic E-state index is 6.12. The fraction of sp³-hybridized carbons (Fsp3) is 0.235. The standard InChI is InChI=1S/C17H16Cl2N2/c1-2-9-21-16-11-14(19)7-8-15(16)20-17(21)10-12-3-5-13(18)6-4-12/h3-8,11H,2,9-10H2,1H3. The summed E-state index contributed by atoms with van der Waals surface area (Å²) in [6, 6.07) is 13.8. The lowest BCUT2D eigenvalue weighted by atomic mass is 10.1. The Labute approximate surface area is 134 Å².